The lowest BCUT2D eigenvalue weighted by Gasteiger charge is -2.13. The molecule has 1 amide bonds. The van der Waals surface area contributed by atoms with Crippen molar-refractivity contribution in [2.45, 2.75) is 20.3 Å². The van der Waals surface area contributed by atoms with Crippen LogP contribution in [0.2, 0.25) is 5.02 Å². The van der Waals surface area contributed by atoms with Gasteiger partial charge in [-0.1, -0.05) is 36.7 Å². The molecule has 0 aliphatic heterocycles. The molecule has 0 bridgehead atoms. The number of carbonyl (C=O) groups is 2. The van der Waals surface area contributed by atoms with Gasteiger partial charge in [0.15, 0.2) is 6.61 Å². The molecule has 0 saturated carbocycles. The van der Waals surface area contributed by atoms with Gasteiger partial charge in [-0.2, -0.15) is 0 Å². The van der Waals surface area contributed by atoms with Gasteiger partial charge in [0.25, 0.3) is 5.91 Å². The van der Waals surface area contributed by atoms with Gasteiger partial charge in [0.2, 0.25) is 0 Å². The Bertz CT molecular complexity index is 777. The molecule has 126 valence electrons. The van der Waals surface area contributed by atoms with E-state index in [4.69, 9.17) is 16.3 Å². The van der Waals surface area contributed by atoms with Crippen LogP contribution in [0.15, 0.2) is 36.4 Å². The summed E-state index contributed by atoms with van der Waals surface area (Å²) in [6, 6.07) is 9.25. The van der Waals surface area contributed by atoms with Gasteiger partial charge < -0.3 is 10.1 Å². The number of anilines is 1. The lowest BCUT2D eigenvalue weighted by Crippen LogP contribution is -2.22. The van der Waals surface area contributed by atoms with Crippen LogP contribution in [0.25, 0.3) is 0 Å². The number of aryl methyl sites for hydroxylation is 2. The van der Waals surface area contributed by atoms with E-state index in [1.807, 2.05) is 32.0 Å². The minimum absolute atomic E-state index is 0.209. The molecule has 24 heavy (non-hydrogen) atoms. The maximum Gasteiger partial charge on any atom is 0.341 e. The minimum Gasteiger partial charge on any atom is -0.452 e. The van der Waals surface area contributed by atoms with Crippen LogP contribution in [0, 0.1) is 12.7 Å². The number of nitrogens with one attached hydrogen (secondary N) is 1. The van der Waals surface area contributed by atoms with E-state index in [0.717, 1.165) is 29.7 Å². The van der Waals surface area contributed by atoms with Crippen LogP contribution in [0.4, 0.5) is 10.1 Å². The topological polar surface area (TPSA) is 55.4 Å². The van der Waals surface area contributed by atoms with Crippen LogP contribution in [0.1, 0.15) is 28.4 Å². The molecule has 1 N–H and O–H groups in total. The molecule has 0 saturated heterocycles. The van der Waals surface area contributed by atoms with Gasteiger partial charge in [0.1, 0.15) is 5.82 Å². The largest absolute Gasteiger partial charge is 0.452 e. The number of halogens is 2. The summed E-state index contributed by atoms with van der Waals surface area (Å²) in [5.41, 5.74) is 2.29. The lowest BCUT2D eigenvalue weighted by atomic mass is 10.1. The highest BCUT2D eigenvalue weighted by molar-refractivity contribution is 6.30. The normalized spacial score (nSPS) is 10.3. The van der Waals surface area contributed by atoms with Gasteiger partial charge in [-0.05, 0) is 42.7 Å². The average Bonchev–Trinajstić information content (AvgIpc) is 2.56. The van der Waals surface area contributed by atoms with Crippen molar-refractivity contribution in [2.24, 2.45) is 0 Å². The van der Waals surface area contributed by atoms with Gasteiger partial charge in [-0.15, -0.1) is 0 Å². The van der Waals surface area contributed by atoms with Crippen LogP contribution in [-0.4, -0.2) is 18.5 Å². The number of hydrogen-bond donors (Lipinski definition) is 1. The van der Waals surface area contributed by atoms with Crippen molar-refractivity contribution in [2.75, 3.05) is 11.9 Å². The summed E-state index contributed by atoms with van der Waals surface area (Å²) in [7, 11) is 0. The monoisotopic (exact) mass is 349 g/mol. The first-order chi connectivity index (χ1) is 11.4. The second-order valence-corrected chi connectivity index (χ2v) is 5.65. The summed E-state index contributed by atoms with van der Waals surface area (Å²) in [6.07, 6.45) is 0.755. The van der Waals surface area contributed by atoms with E-state index >= 15 is 0 Å². The molecule has 0 fully saturated rings. The highest BCUT2D eigenvalue weighted by Gasteiger charge is 2.16. The molecule has 4 nitrogen and oxygen atoms in total. The van der Waals surface area contributed by atoms with Gasteiger partial charge in [0.05, 0.1) is 5.56 Å². The van der Waals surface area contributed by atoms with Crippen molar-refractivity contribution >= 4 is 29.2 Å². The fourth-order valence-electron chi connectivity index (χ4n) is 2.24. The highest BCUT2D eigenvalue weighted by atomic mass is 35.5. The summed E-state index contributed by atoms with van der Waals surface area (Å²) in [6.45, 7) is 3.34. The smallest absolute Gasteiger partial charge is 0.341 e. The van der Waals surface area contributed by atoms with E-state index in [0.29, 0.717) is 5.69 Å². The Kier molecular flexibility index (Phi) is 5.93. The number of benzene rings is 2. The number of amides is 1. The molecule has 6 heteroatoms. The molecule has 0 heterocycles. The van der Waals surface area contributed by atoms with E-state index in [-0.39, 0.29) is 10.6 Å². The standard InChI is InChI=1S/C18H17ClFNO3/c1-3-12-6-4-5-11(2)17(12)21-16(22)10-24-18(23)14-9-13(19)7-8-15(14)20/h4-9H,3,10H2,1-2H3,(H,21,22). The third-order valence-electron chi connectivity index (χ3n) is 3.49. The van der Waals surface area contributed by atoms with Crippen molar-refractivity contribution in [3.8, 4) is 0 Å². The van der Waals surface area contributed by atoms with Gasteiger partial charge >= 0.3 is 5.97 Å². The summed E-state index contributed by atoms with van der Waals surface area (Å²) < 4.78 is 18.4. The molecule has 0 aliphatic rings. The number of hydrogen-bond acceptors (Lipinski definition) is 3. The fraction of sp³-hybridized carbons (Fsp3) is 0.222. The Hall–Kier alpha value is -2.40. The molecule has 2 aromatic carbocycles. The average molecular weight is 350 g/mol. The first kappa shape index (κ1) is 17.9. The SMILES string of the molecule is CCc1cccc(C)c1NC(=O)COC(=O)c1cc(Cl)ccc1F. The number of rotatable bonds is 5. The number of para-hydroxylation sites is 1. The first-order valence-electron chi connectivity index (χ1n) is 7.43. The van der Waals surface area contributed by atoms with Gasteiger partial charge in [-0.25, -0.2) is 9.18 Å². The molecule has 0 spiro atoms. The zero-order valence-electron chi connectivity index (χ0n) is 13.4. The van der Waals surface area contributed by atoms with Crippen LogP contribution in [-0.2, 0) is 16.0 Å². The molecule has 0 aromatic heterocycles. The molecule has 0 aliphatic carbocycles. The van der Waals surface area contributed by atoms with Crippen molar-refractivity contribution in [3.63, 3.8) is 0 Å². The highest BCUT2D eigenvalue weighted by Crippen LogP contribution is 2.21. The molecule has 2 aromatic rings. The molecular weight excluding hydrogens is 333 g/mol. The quantitative estimate of drug-likeness (QED) is 0.825. The zero-order chi connectivity index (χ0) is 17.7. The minimum atomic E-state index is -0.939. The van der Waals surface area contributed by atoms with Crippen molar-refractivity contribution in [1.29, 1.82) is 0 Å². The lowest BCUT2D eigenvalue weighted by molar-refractivity contribution is -0.119. The Morgan fingerprint density at radius 3 is 2.71 bits per heavy atom. The summed E-state index contributed by atoms with van der Waals surface area (Å²) in [4.78, 5) is 23.9. The third kappa shape index (κ3) is 4.32. The van der Waals surface area contributed by atoms with E-state index in [1.54, 1.807) is 0 Å². The van der Waals surface area contributed by atoms with Crippen LogP contribution in [0.5, 0.6) is 0 Å². The molecule has 0 radical (unpaired) electrons. The Morgan fingerprint density at radius 1 is 1.25 bits per heavy atom. The zero-order valence-corrected chi connectivity index (χ0v) is 14.1. The number of ether oxygens (including phenoxy) is 1. The van der Waals surface area contributed by atoms with E-state index in [9.17, 15) is 14.0 Å². The number of carbonyl (C=O) groups excluding carboxylic acids is 2. The predicted molar refractivity (Wildman–Crippen MR) is 90.9 cm³/mol. The van der Waals surface area contributed by atoms with Crippen molar-refractivity contribution in [3.05, 3.63) is 63.9 Å². The Balaban J connectivity index is 2.01. The number of esters is 1. The van der Waals surface area contributed by atoms with Crippen LogP contribution >= 0.6 is 11.6 Å². The molecule has 0 atom stereocenters. The van der Waals surface area contributed by atoms with Gasteiger partial charge in [-0.3, -0.25) is 4.79 Å². The summed E-state index contributed by atoms with van der Waals surface area (Å²) >= 11 is 5.73. The van der Waals surface area contributed by atoms with Gasteiger partial charge in [0, 0.05) is 10.7 Å². The van der Waals surface area contributed by atoms with E-state index in [1.165, 1.54) is 6.07 Å². The van der Waals surface area contributed by atoms with Crippen molar-refractivity contribution < 1.29 is 18.7 Å². The molecule has 2 rings (SSSR count). The molecule has 0 unspecified atom stereocenters. The van der Waals surface area contributed by atoms with Crippen LogP contribution < -0.4 is 5.32 Å². The third-order valence-corrected chi connectivity index (χ3v) is 3.72. The fourth-order valence-corrected chi connectivity index (χ4v) is 2.41. The second kappa shape index (κ2) is 7.93. The Labute approximate surface area is 144 Å². The maximum absolute atomic E-state index is 13.6. The first-order valence-corrected chi connectivity index (χ1v) is 7.80. The van der Waals surface area contributed by atoms with E-state index < -0.39 is 24.3 Å². The summed E-state index contributed by atoms with van der Waals surface area (Å²) in [5.74, 6) is -2.18. The molecular formula is C18H17ClFNO3. The predicted octanol–water partition coefficient (Wildman–Crippen LogP) is 4.15. The maximum atomic E-state index is 13.6. The summed E-state index contributed by atoms with van der Waals surface area (Å²) in [5, 5.41) is 2.94. The second-order valence-electron chi connectivity index (χ2n) is 5.21. The van der Waals surface area contributed by atoms with Crippen LogP contribution in [0.3, 0.4) is 0 Å². The van der Waals surface area contributed by atoms with Crippen molar-refractivity contribution in [1.82, 2.24) is 0 Å². The van der Waals surface area contributed by atoms with E-state index in [2.05, 4.69) is 5.32 Å². The Morgan fingerprint density at radius 2 is 2.00 bits per heavy atom.